The SMILES string of the molecule is C[C@@H]1CCCC[C@@H]1NC(=O)[C@@]1(C)Cn2c(nc3ccccc32)C(=O)N1CCCc1ccccc1. The minimum absolute atomic E-state index is 0.0530. The molecule has 1 saturated carbocycles. The lowest BCUT2D eigenvalue weighted by atomic mass is 9.85. The molecule has 3 atom stereocenters. The number of nitrogens with zero attached hydrogens (tertiary/aromatic N) is 3. The third-order valence-electron chi connectivity index (χ3n) is 7.76. The van der Waals surface area contributed by atoms with Crippen molar-refractivity contribution in [1.82, 2.24) is 19.8 Å². The molecule has 1 aliphatic heterocycles. The van der Waals surface area contributed by atoms with Crippen LogP contribution < -0.4 is 5.32 Å². The average Bonchev–Trinajstić information content (AvgIpc) is 3.22. The van der Waals surface area contributed by atoms with E-state index in [9.17, 15) is 9.59 Å². The predicted octanol–water partition coefficient (Wildman–Crippen LogP) is 4.58. The number of carbonyl (C=O) groups excluding carboxylic acids is 2. The first-order chi connectivity index (χ1) is 16.5. The van der Waals surface area contributed by atoms with E-state index in [1.807, 2.05) is 54.0 Å². The lowest BCUT2D eigenvalue weighted by Gasteiger charge is -2.45. The van der Waals surface area contributed by atoms with E-state index in [1.165, 1.54) is 12.0 Å². The number of nitrogens with one attached hydrogen (secondary N) is 1. The number of aryl methyl sites for hydroxylation is 1. The Balaban J connectivity index is 1.45. The average molecular weight is 459 g/mol. The summed E-state index contributed by atoms with van der Waals surface area (Å²) in [5.74, 6) is 0.668. The van der Waals surface area contributed by atoms with Crippen LogP contribution in [0.25, 0.3) is 11.0 Å². The molecule has 6 nitrogen and oxygen atoms in total. The Kier molecular flexibility index (Phi) is 6.15. The zero-order valence-electron chi connectivity index (χ0n) is 20.2. The highest BCUT2D eigenvalue weighted by molar-refractivity contribution is 6.01. The number of benzene rings is 2. The molecule has 2 heterocycles. The zero-order valence-corrected chi connectivity index (χ0v) is 20.2. The maximum absolute atomic E-state index is 13.9. The van der Waals surface area contributed by atoms with Gasteiger partial charge in [-0.25, -0.2) is 4.98 Å². The van der Waals surface area contributed by atoms with E-state index in [-0.39, 0.29) is 17.9 Å². The van der Waals surface area contributed by atoms with Crippen LogP contribution in [0, 0.1) is 5.92 Å². The third kappa shape index (κ3) is 4.10. The molecule has 1 fully saturated rings. The molecule has 1 aromatic heterocycles. The van der Waals surface area contributed by atoms with Crippen LogP contribution in [-0.2, 0) is 17.8 Å². The van der Waals surface area contributed by atoms with Crippen molar-refractivity contribution in [2.75, 3.05) is 6.54 Å². The number of amides is 2. The van der Waals surface area contributed by atoms with Crippen molar-refractivity contribution in [2.45, 2.75) is 70.5 Å². The number of aromatic nitrogens is 2. The van der Waals surface area contributed by atoms with Crippen LogP contribution in [0.5, 0.6) is 0 Å². The summed E-state index contributed by atoms with van der Waals surface area (Å²) in [6, 6.07) is 18.2. The molecule has 0 bridgehead atoms. The van der Waals surface area contributed by atoms with Crippen LogP contribution >= 0.6 is 0 Å². The predicted molar refractivity (Wildman–Crippen MR) is 134 cm³/mol. The fourth-order valence-corrected chi connectivity index (χ4v) is 5.62. The van der Waals surface area contributed by atoms with Gasteiger partial charge in [-0.2, -0.15) is 0 Å². The minimum Gasteiger partial charge on any atom is -0.351 e. The first-order valence-corrected chi connectivity index (χ1v) is 12.6. The second-order valence-corrected chi connectivity index (χ2v) is 10.2. The molecule has 6 heteroatoms. The fourth-order valence-electron chi connectivity index (χ4n) is 5.62. The highest BCUT2D eigenvalue weighted by atomic mass is 16.2. The van der Waals surface area contributed by atoms with Crippen molar-refractivity contribution in [3.63, 3.8) is 0 Å². The second kappa shape index (κ2) is 9.24. The number of hydrogen-bond donors (Lipinski definition) is 1. The molecule has 0 spiro atoms. The van der Waals surface area contributed by atoms with Gasteiger partial charge in [0, 0.05) is 12.6 Å². The Labute approximate surface area is 201 Å². The van der Waals surface area contributed by atoms with E-state index < -0.39 is 5.54 Å². The van der Waals surface area contributed by atoms with Crippen molar-refractivity contribution in [3.8, 4) is 0 Å². The minimum atomic E-state index is -0.971. The monoisotopic (exact) mass is 458 g/mol. The molecule has 2 amide bonds. The second-order valence-electron chi connectivity index (χ2n) is 10.2. The fraction of sp³-hybridized carbons (Fsp3) is 0.464. The Bertz CT molecular complexity index is 1190. The van der Waals surface area contributed by atoms with Gasteiger partial charge in [0.15, 0.2) is 5.82 Å². The molecule has 1 aliphatic carbocycles. The van der Waals surface area contributed by atoms with Crippen LogP contribution in [0.15, 0.2) is 54.6 Å². The summed E-state index contributed by atoms with van der Waals surface area (Å²) in [6.07, 6.45) is 6.15. The Hall–Kier alpha value is -3.15. The smallest absolute Gasteiger partial charge is 0.290 e. The van der Waals surface area contributed by atoms with Gasteiger partial charge in [0.05, 0.1) is 17.6 Å². The summed E-state index contributed by atoms with van der Waals surface area (Å²) >= 11 is 0. The Morgan fingerprint density at radius 1 is 1.09 bits per heavy atom. The molecule has 5 rings (SSSR count). The van der Waals surface area contributed by atoms with Crippen molar-refractivity contribution in [1.29, 1.82) is 0 Å². The molecule has 0 radical (unpaired) electrons. The van der Waals surface area contributed by atoms with Crippen LogP contribution in [0.1, 0.15) is 62.1 Å². The number of imidazole rings is 1. The quantitative estimate of drug-likeness (QED) is 0.588. The lowest BCUT2D eigenvalue weighted by Crippen LogP contribution is -2.65. The summed E-state index contributed by atoms with van der Waals surface area (Å²) in [4.78, 5) is 34.0. The first kappa shape index (κ1) is 22.6. The van der Waals surface area contributed by atoms with Gasteiger partial charge in [-0.3, -0.25) is 9.59 Å². The molecule has 0 unspecified atom stereocenters. The maximum Gasteiger partial charge on any atom is 0.290 e. The molecule has 178 valence electrons. The highest BCUT2D eigenvalue weighted by Gasteiger charge is 2.48. The van der Waals surface area contributed by atoms with Crippen molar-refractivity contribution in [2.24, 2.45) is 5.92 Å². The highest BCUT2D eigenvalue weighted by Crippen LogP contribution is 2.32. The van der Waals surface area contributed by atoms with Gasteiger partial charge >= 0.3 is 0 Å². The normalized spacial score (nSPS) is 24.8. The summed E-state index contributed by atoms with van der Waals surface area (Å²) in [6.45, 7) is 5.07. The molecular weight excluding hydrogens is 424 g/mol. The number of carbonyl (C=O) groups is 2. The first-order valence-electron chi connectivity index (χ1n) is 12.6. The molecule has 34 heavy (non-hydrogen) atoms. The zero-order chi connectivity index (χ0) is 23.7. The van der Waals surface area contributed by atoms with E-state index in [0.29, 0.717) is 24.8 Å². The van der Waals surface area contributed by atoms with E-state index >= 15 is 0 Å². The van der Waals surface area contributed by atoms with E-state index in [0.717, 1.165) is 43.1 Å². The topological polar surface area (TPSA) is 67.2 Å². The Morgan fingerprint density at radius 3 is 2.62 bits per heavy atom. The number of fused-ring (bicyclic) bond motifs is 3. The number of para-hydroxylation sites is 2. The van der Waals surface area contributed by atoms with E-state index in [1.54, 1.807) is 4.90 Å². The van der Waals surface area contributed by atoms with Gasteiger partial charge in [0.2, 0.25) is 5.91 Å². The molecular formula is C28H34N4O2. The molecule has 0 saturated heterocycles. The van der Waals surface area contributed by atoms with Crippen LogP contribution in [0.3, 0.4) is 0 Å². The number of rotatable bonds is 6. The molecule has 3 aromatic rings. The third-order valence-corrected chi connectivity index (χ3v) is 7.76. The van der Waals surface area contributed by atoms with Crippen molar-refractivity contribution >= 4 is 22.8 Å². The standard InChI is InChI=1S/C28H34N4O2/c1-20-11-6-7-15-22(20)30-27(34)28(2)19-31-24-17-9-8-16-23(24)29-25(31)26(33)32(28)18-10-14-21-12-4-3-5-13-21/h3-5,8-9,12-13,16-17,20,22H,6-7,10-11,14-15,18-19H2,1-2H3,(H,30,34)/t20-,22+,28-/m1/s1. The largest absolute Gasteiger partial charge is 0.351 e. The van der Waals surface area contributed by atoms with Crippen molar-refractivity contribution in [3.05, 3.63) is 66.0 Å². The van der Waals surface area contributed by atoms with Crippen LogP contribution in [-0.4, -0.2) is 44.4 Å². The van der Waals surface area contributed by atoms with Crippen LogP contribution in [0.4, 0.5) is 0 Å². The summed E-state index contributed by atoms with van der Waals surface area (Å²) in [5, 5.41) is 3.34. The van der Waals surface area contributed by atoms with Crippen molar-refractivity contribution < 1.29 is 9.59 Å². The lowest BCUT2D eigenvalue weighted by molar-refractivity contribution is -0.134. The Morgan fingerprint density at radius 2 is 1.82 bits per heavy atom. The molecule has 2 aliphatic rings. The molecule has 1 N–H and O–H groups in total. The summed E-state index contributed by atoms with van der Waals surface area (Å²) in [7, 11) is 0. The van der Waals surface area contributed by atoms with Gasteiger partial charge in [0.25, 0.3) is 5.91 Å². The number of hydrogen-bond acceptors (Lipinski definition) is 3. The van der Waals surface area contributed by atoms with Crippen LogP contribution in [0.2, 0.25) is 0 Å². The maximum atomic E-state index is 13.9. The summed E-state index contributed by atoms with van der Waals surface area (Å²) in [5.41, 5.74) is 1.96. The van der Waals surface area contributed by atoms with Gasteiger partial charge < -0.3 is 14.8 Å². The van der Waals surface area contributed by atoms with Gasteiger partial charge in [-0.1, -0.05) is 62.2 Å². The van der Waals surface area contributed by atoms with Gasteiger partial charge in [-0.05, 0) is 56.2 Å². The van der Waals surface area contributed by atoms with Gasteiger partial charge in [0.1, 0.15) is 5.54 Å². The van der Waals surface area contributed by atoms with E-state index in [4.69, 9.17) is 0 Å². The van der Waals surface area contributed by atoms with E-state index in [2.05, 4.69) is 29.4 Å². The molecule has 2 aromatic carbocycles. The van der Waals surface area contributed by atoms with Gasteiger partial charge in [-0.15, -0.1) is 0 Å². The summed E-state index contributed by atoms with van der Waals surface area (Å²) < 4.78 is 1.94.